The predicted molar refractivity (Wildman–Crippen MR) is 120 cm³/mol. The predicted octanol–water partition coefficient (Wildman–Crippen LogP) is 3.13. The van der Waals surface area contributed by atoms with Gasteiger partial charge < -0.3 is 18.9 Å². The summed E-state index contributed by atoms with van der Waals surface area (Å²) in [6, 6.07) is 1.77. The molecule has 4 aromatic rings. The fourth-order valence-corrected chi connectivity index (χ4v) is 3.98. The first-order valence-corrected chi connectivity index (χ1v) is 11.1. The maximum atomic E-state index is 14.7. The third kappa shape index (κ3) is 3.99. The SMILES string of the molecule is COc1cc(F)c(-c2c3ncnc(OC4CCN(c5nc(C(C)C)no5)CC4)c3nn2C)cn1. The topological polar surface area (TPSA) is 117 Å². The summed E-state index contributed by atoms with van der Waals surface area (Å²) in [7, 11) is 3.16. The molecule has 4 aromatic heterocycles. The van der Waals surface area contributed by atoms with Crippen LogP contribution < -0.4 is 14.4 Å². The fourth-order valence-electron chi connectivity index (χ4n) is 3.98. The van der Waals surface area contributed by atoms with Crippen molar-refractivity contribution in [1.29, 1.82) is 0 Å². The summed E-state index contributed by atoms with van der Waals surface area (Å²) in [5.74, 6) is 0.993. The summed E-state index contributed by atoms with van der Waals surface area (Å²) >= 11 is 0. The fraction of sp³-hybridized carbons (Fsp3) is 0.455. The molecular weight excluding hydrogens is 443 g/mol. The molecule has 0 aromatic carbocycles. The van der Waals surface area contributed by atoms with E-state index in [1.807, 2.05) is 13.8 Å². The maximum Gasteiger partial charge on any atom is 0.324 e. The highest BCUT2D eigenvalue weighted by Crippen LogP contribution is 2.33. The molecule has 11 nitrogen and oxygen atoms in total. The molecule has 5 heterocycles. The lowest BCUT2D eigenvalue weighted by Gasteiger charge is -2.30. The van der Waals surface area contributed by atoms with E-state index in [-0.39, 0.29) is 23.5 Å². The van der Waals surface area contributed by atoms with E-state index in [0.29, 0.717) is 34.4 Å². The second-order valence-corrected chi connectivity index (χ2v) is 8.45. The van der Waals surface area contributed by atoms with Crippen LogP contribution in [0.2, 0.25) is 0 Å². The standard InChI is InChI=1S/C22H25FN8O3/c1-12(2)20-27-22(34-29-20)31-7-5-13(6-8-31)33-21-18-17(25-11-26-21)19(30(3)28-18)14-10-24-16(32-4)9-15(14)23/h9-13H,5-8H2,1-4H3. The Hall–Kier alpha value is -3.83. The van der Waals surface area contributed by atoms with E-state index in [2.05, 4.69) is 35.1 Å². The minimum atomic E-state index is -0.480. The molecule has 0 bridgehead atoms. The van der Waals surface area contributed by atoms with Crippen LogP contribution in [0.1, 0.15) is 38.4 Å². The highest BCUT2D eigenvalue weighted by Gasteiger charge is 2.27. The number of aromatic nitrogens is 7. The van der Waals surface area contributed by atoms with Crippen molar-refractivity contribution in [2.24, 2.45) is 7.05 Å². The van der Waals surface area contributed by atoms with Gasteiger partial charge in [-0.1, -0.05) is 19.0 Å². The van der Waals surface area contributed by atoms with Crippen molar-refractivity contribution in [3.8, 4) is 23.0 Å². The van der Waals surface area contributed by atoms with Crippen molar-refractivity contribution in [1.82, 2.24) is 34.9 Å². The van der Waals surface area contributed by atoms with Crippen LogP contribution in [0.3, 0.4) is 0 Å². The number of piperidine rings is 1. The normalized spacial score (nSPS) is 14.8. The zero-order valence-electron chi connectivity index (χ0n) is 19.4. The second-order valence-electron chi connectivity index (χ2n) is 8.45. The average Bonchev–Trinajstić information content (AvgIpc) is 3.45. The monoisotopic (exact) mass is 468 g/mol. The number of nitrogens with zero attached hydrogens (tertiary/aromatic N) is 8. The van der Waals surface area contributed by atoms with Gasteiger partial charge >= 0.3 is 6.01 Å². The number of hydrogen-bond donors (Lipinski definition) is 0. The van der Waals surface area contributed by atoms with Crippen molar-refractivity contribution in [3.05, 3.63) is 30.2 Å². The van der Waals surface area contributed by atoms with Crippen LogP contribution in [-0.2, 0) is 7.05 Å². The third-order valence-corrected chi connectivity index (χ3v) is 5.82. The van der Waals surface area contributed by atoms with Crippen molar-refractivity contribution in [2.75, 3.05) is 25.1 Å². The van der Waals surface area contributed by atoms with Gasteiger partial charge in [0.2, 0.25) is 11.8 Å². The summed E-state index contributed by atoms with van der Waals surface area (Å²) in [6.45, 7) is 5.49. The van der Waals surface area contributed by atoms with E-state index in [4.69, 9.17) is 14.0 Å². The molecule has 0 atom stereocenters. The van der Waals surface area contributed by atoms with Gasteiger partial charge in [0.05, 0.1) is 18.4 Å². The molecule has 0 N–H and O–H groups in total. The Bertz CT molecular complexity index is 1310. The van der Waals surface area contributed by atoms with E-state index >= 15 is 0 Å². The van der Waals surface area contributed by atoms with Crippen LogP contribution in [0.5, 0.6) is 11.8 Å². The van der Waals surface area contributed by atoms with Gasteiger partial charge in [0, 0.05) is 51.2 Å². The second kappa shape index (κ2) is 8.84. The number of pyridine rings is 1. The molecule has 12 heteroatoms. The molecule has 5 rings (SSSR count). The molecule has 0 unspecified atom stereocenters. The molecule has 0 aliphatic carbocycles. The van der Waals surface area contributed by atoms with E-state index in [0.717, 1.165) is 25.9 Å². The number of hydrogen-bond acceptors (Lipinski definition) is 10. The molecule has 34 heavy (non-hydrogen) atoms. The Balaban J connectivity index is 1.35. The van der Waals surface area contributed by atoms with Crippen LogP contribution in [0.4, 0.5) is 10.4 Å². The summed E-state index contributed by atoms with van der Waals surface area (Å²) in [4.78, 5) is 19.3. The zero-order valence-corrected chi connectivity index (χ0v) is 19.4. The smallest absolute Gasteiger partial charge is 0.324 e. The Labute approximate surface area is 194 Å². The third-order valence-electron chi connectivity index (χ3n) is 5.82. The van der Waals surface area contributed by atoms with Gasteiger partial charge in [-0.25, -0.2) is 14.4 Å². The Morgan fingerprint density at radius 3 is 2.62 bits per heavy atom. The molecule has 1 saturated heterocycles. The number of fused-ring (bicyclic) bond motifs is 1. The van der Waals surface area contributed by atoms with Gasteiger partial charge in [-0.15, -0.1) is 0 Å². The van der Waals surface area contributed by atoms with Crippen molar-refractivity contribution < 1.29 is 18.4 Å². The highest BCUT2D eigenvalue weighted by atomic mass is 19.1. The number of aryl methyl sites for hydroxylation is 1. The van der Waals surface area contributed by atoms with Crippen LogP contribution in [0.25, 0.3) is 22.3 Å². The van der Waals surface area contributed by atoms with Gasteiger partial charge in [0.15, 0.2) is 11.3 Å². The first kappa shape index (κ1) is 22.0. The molecule has 178 valence electrons. The number of methoxy groups -OCH3 is 1. The molecule has 1 aliphatic rings. The minimum absolute atomic E-state index is 0.0633. The van der Waals surface area contributed by atoms with Crippen LogP contribution in [-0.4, -0.2) is 61.2 Å². The first-order chi connectivity index (χ1) is 16.4. The van der Waals surface area contributed by atoms with E-state index in [1.165, 1.54) is 25.7 Å². The largest absolute Gasteiger partial charge is 0.481 e. The van der Waals surface area contributed by atoms with Crippen molar-refractivity contribution >= 4 is 17.0 Å². The van der Waals surface area contributed by atoms with E-state index < -0.39 is 5.82 Å². The van der Waals surface area contributed by atoms with Crippen molar-refractivity contribution in [3.63, 3.8) is 0 Å². The Morgan fingerprint density at radius 1 is 1.15 bits per heavy atom. The maximum absolute atomic E-state index is 14.7. The lowest BCUT2D eigenvalue weighted by molar-refractivity contribution is 0.163. The van der Waals surface area contributed by atoms with Gasteiger partial charge in [-0.3, -0.25) is 4.68 Å². The average molecular weight is 468 g/mol. The van der Waals surface area contributed by atoms with E-state index in [9.17, 15) is 4.39 Å². The minimum Gasteiger partial charge on any atom is -0.481 e. The van der Waals surface area contributed by atoms with Crippen molar-refractivity contribution in [2.45, 2.75) is 38.7 Å². The zero-order chi connectivity index (χ0) is 23.8. The number of halogens is 1. The summed E-state index contributed by atoms with van der Waals surface area (Å²) < 4.78 is 32.9. The molecule has 1 fully saturated rings. The van der Waals surface area contributed by atoms with Crippen LogP contribution >= 0.6 is 0 Å². The summed E-state index contributed by atoms with van der Waals surface area (Å²) in [5.41, 5.74) is 1.71. The lowest BCUT2D eigenvalue weighted by Crippen LogP contribution is -2.38. The molecular formula is C22H25FN8O3. The number of rotatable bonds is 6. The highest BCUT2D eigenvalue weighted by molar-refractivity contribution is 5.92. The summed E-state index contributed by atoms with van der Waals surface area (Å²) in [6.07, 6.45) is 4.25. The molecule has 0 spiro atoms. The van der Waals surface area contributed by atoms with Gasteiger partial charge in [0.25, 0.3) is 0 Å². The first-order valence-electron chi connectivity index (χ1n) is 11.1. The Morgan fingerprint density at radius 2 is 1.94 bits per heavy atom. The van der Waals surface area contributed by atoms with Gasteiger partial charge in [-0.2, -0.15) is 15.1 Å². The number of ether oxygens (including phenoxy) is 2. The quantitative estimate of drug-likeness (QED) is 0.418. The van der Waals surface area contributed by atoms with Gasteiger partial charge in [0.1, 0.15) is 23.8 Å². The van der Waals surface area contributed by atoms with Crippen LogP contribution in [0.15, 0.2) is 23.1 Å². The molecule has 0 saturated carbocycles. The van der Waals surface area contributed by atoms with E-state index in [1.54, 1.807) is 11.7 Å². The summed E-state index contributed by atoms with van der Waals surface area (Å²) in [5, 5.41) is 8.56. The van der Waals surface area contributed by atoms with Gasteiger partial charge in [-0.05, 0) is 0 Å². The molecule has 0 amide bonds. The number of anilines is 1. The van der Waals surface area contributed by atoms with Crippen LogP contribution in [0, 0.1) is 5.82 Å². The lowest BCUT2D eigenvalue weighted by atomic mass is 10.1. The Kier molecular flexibility index (Phi) is 5.72. The molecule has 0 radical (unpaired) electrons. The molecule has 1 aliphatic heterocycles.